The van der Waals surface area contributed by atoms with Gasteiger partial charge in [0.2, 0.25) is 5.91 Å². The van der Waals surface area contributed by atoms with E-state index in [1.54, 1.807) is 0 Å². The zero-order valence-corrected chi connectivity index (χ0v) is 8.30. The van der Waals surface area contributed by atoms with Gasteiger partial charge >= 0.3 is 0 Å². The topological polar surface area (TPSA) is 103 Å². The van der Waals surface area contributed by atoms with Crippen molar-refractivity contribution in [2.75, 3.05) is 11.5 Å². The molecule has 0 fully saturated rings. The van der Waals surface area contributed by atoms with Gasteiger partial charge in [0.15, 0.2) is 0 Å². The Morgan fingerprint density at radius 2 is 2.00 bits per heavy atom. The molecule has 1 amide bonds. The van der Waals surface area contributed by atoms with Crippen LogP contribution in [-0.4, -0.2) is 33.4 Å². The summed E-state index contributed by atoms with van der Waals surface area (Å²) in [6.07, 6.45) is 0.0667. The first-order chi connectivity index (χ1) is 5.93. The van der Waals surface area contributed by atoms with Crippen LogP contribution in [-0.2, 0) is 20.4 Å². The number of hydrogen-bond acceptors (Lipinski definition) is 4. The molecule has 0 radical (unpaired) electrons. The number of hydrogen-bond donors (Lipinski definition) is 2. The number of nitrogens with two attached hydrogens (primary N) is 2. The SMILES string of the molecule is CC(=O)C(N)CS(=O)CCC(N)=O. The summed E-state index contributed by atoms with van der Waals surface area (Å²) in [6.45, 7) is 1.34. The Morgan fingerprint density at radius 1 is 1.46 bits per heavy atom. The van der Waals surface area contributed by atoms with Crippen molar-refractivity contribution < 1.29 is 13.8 Å². The molecule has 2 atom stereocenters. The van der Waals surface area contributed by atoms with Crippen LogP contribution < -0.4 is 11.5 Å². The van der Waals surface area contributed by atoms with Gasteiger partial charge in [0, 0.05) is 28.7 Å². The molecule has 0 spiro atoms. The molecule has 5 nitrogen and oxygen atoms in total. The van der Waals surface area contributed by atoms with Crippen molar-refractivity contribution in [3.8, 4) is 0 Å². The Bertz CT molecular complexity index is 230. The van der Waals surface area contributed by atoms with Crippen molar-refractivity contribution in [1.82, 2.24) is 0 Å². The summed E-state index contributed by atoms with van der Waals surface area (Å²) < 4.78 is 11.1. The Labute approximate surface area is 79.3 Å². The third-order valence-corrected chi connectivity index (χ3v) is 2.85. The summed E-state index contributed by atoms with van der Waals surface area (Å²) in [5.74, 6) is -0.420. The minimum absolute atomic E-state index is 0.0667. The monoisotopic (exact) mass is 206 g/mol. The predicted molar refractivity (Wildman–Crippen MR) is 50.3 cm³/mol. The maximum absolute atomic E-state index is 11.1. The number of ketones is 1. The molecule has 13 heavy (non-hydrogen) atoms. The molecule has 0 aliphatic rings. The number of Topliss-reactive ketones (excluding diaryl/α,β-unsaturated/α-hetero) is 1. The minimum Gasteiger partial charge on any atom is -0.370 e. The molecule has 0 aliphatic carbocycles. The van der Waals surface area contributed by atoms with E-state index in [4.69, 9.17) is 11.5 Å². The number of primary amides is 1. The molecule has 0 saturated carbocycles. The van der Waals surface area contributed by atoms with Crippen LogP contribution >= 0.6 is 0 Å². The van der Waals surface area contributed by atoms with Gasteiger partial charge in [0.25, 0.3) is 0 Å². The van der Waals surface area contributed by atoms with Crippen molar-refractivity contribution in [2.24, 2.45) is 11.5 Å². The molecule has 0 rings (SSSR count). The Kier molecular flexibility index (Phi) is 5.48. The van der Waals surface area contributed by atoms with Crippen molar-refractivity contribution in [3.63, 3.8) is 0 Å². The van der Waals surface area contributed by atoms with E-state index in [1.165, 1.54) is 6.92 Å². The van der Waals surface area contributed by atoms with Gasteiger partial charge in [0.05, 0.1) is 6.04 Å². The fourth-order valence-corrected chi connectivity index (χ4v) is 1.85. The first-order valence-electron chi connectivity index (χ1n) is 3.82. The third kappa shape index (κ3) is 6.41. The normalized spacial score (nSPS) is 14.9. The van der Waals surface area contributed by atoms with Crippen LogP contribution in [0.25, 0.3) is 0 Å². The average molecular weight is 206 g/mol. The van der Waals surface area contributed by atoms with E-state index in [0.29, 0.717) is 0 Å². The zero-order valence-electron chi connectivity index (χ0n) is 7.49. The van der Waals surface area contributed by atoms with Gasteiger partial charge in [-0.3, -0.25) is 13.8 Å². The lowest BCUT2D eigenvalue weighted by molar-refractivity contribution is -0.118. The number of carbonyl (C=O) groups excluding carboxylic acids is 2. The van der Waals surface area contributed by atoms with Crippen LogP contribution in [0.1, 0.15) is 13.3 Å². The largest absolute Gasteiger partial charge is 0.370 e. The van der Waals surface area contributed by atoms with Gasteiger partial charge in [-0.1, -0.05) is 0 Å². The molecule has 0 aromatic rings. The average Bonchev–Trinajstić information content (AvgIpc) is 2.00. The highest BCUT2D eigenvalue weighted by molar-refractivity contribution is 7.85. The standard InChI is InChI=1S/C7H14N2O3S/c1-5(10)6(8)4-13(12)3-2-7(9)11/h6H,2-4,8H2,1H3,(H2,9,11). The van der Waals surface area contributed by atoms with Crippen LogP contribution in [0.3, 0.4) is 0 Å². The Hall–Kier alpha value is -0.750. The second-order valence-corrected chi connectivity index (χ2v) is 4.37. The van der Waals surface area contributed by atoms with E-state index in [1.807, 2.05) is 0 Å². The second-order valence-electron chi connectivity index (χ2n) is 2.74. The van der Waals surface area contributed by atoms with E-state index in [0.717, 1.165) is 0 Å². The van der Waals surface area contributed by atoms with E-state index in [-0.39, 0.29) is 23.7 Å². The lowest BCUT2D eigenvalue weighted by Crippen LogP contribution is -2.35. The number of amides is 1. The second kappa shape index (κ2) is 5.82. The van der Waals surface area contributed by atoms with Crippen LogP contribution in [0.4, 0.5) is 0 Å². The Balaban J connectivity index is 3.74. The molecule has 4 N–H and O–H groups in total. The van der Waals surface area contributed by atoms with Gasteiger partial charge < -0.3 is 11.5 Å². The molecule has 0 heterocycles. The van der Waals surface area contributed by atoms with Gasteiger partial charge in [-0.2, -0.15) is 0 Å². The van der Waals surface area contributed by atoms with Gasteiger partial charge in [-0.15, -0.1) is 0 Å². The van der Waals surface area contributed by atoms with Gasteiger partial charge in [-0.25, -0.2) is 0 Å². The maximum atomic E-state index is 11.1. The highest BCUT2D eigenvalue weighted by Gasteiger charge is 2.12. The summed E-state index contributed by atoms with van der Waals surface area (Å²) in [7, 11) is -1.24. The first kappa shape index (κ1) is 12.2. The van der Waals surface area contributed by atoms with Crippen molar-refractivity contribution in [3.05, 3.63) is 0 Å². The van der Waals surface area contributed by atoms with Crippen LogP contribution in [0.5, 0.6) is 0 Å². The fourth-order valence-electron chi connectivity index (χ4n) is 0.615. The van der Waals surface area contributed by atoms with Gasteiger partial charge in [-0.05, 0) is 6.92 Å². The summed E-state index contributed by atoms with van der Waals surface area (Å²) in [6, 6.07) is -0.700. The van der Waals surface area contributed by atoms with E-state index in [2.05, 4.69) is 0 Å². The number of rotatable bonds is 6. The molecule has 0 bridgehead atoms. The van der Waals surface area contributed by atoms with E-state index in [9.17, 15) is 13.8 Å². The van der Waals surface area contributed by atoms with Crippen LogP contribution in [0.2, 0.25) is 0 Å². The molecule has 0 aliphatic heterocycles. The molecule has 6 heteroatoms. The molecule has 0 aromatic carbocycles. The van der Waals surface area contributed by atoms with Crippen molar-refractivity contribution >= 4 is 22.5 Å². The zero-order chi connectivity index (χ0) is 10.4. The van der Waals surface area contributed by atoms with E-state index >= 15 is 0 Å². The molecule has 0 aromatic heterocycles. The lowest BCUT2D eigenvalue weighted by atomic mass is 10.3. The third-order valence-electron chi connectivity index (χ3n) is 1.46. The highest BCUT2D eigenvalue weighted by atomic mass is 32.2. The summed E-state index contributed by atoms with van der Waals surface area (Å²) in [4.78, 5) is 21.0. The smallest absolute Gasteiger partial charge is 0.218 e. The lowest BCUT2D eigenvalue weighted by Gasteiger charge is -2.06. The molecule has 0 saturated heterocycles. The maximum Gasteiger partial charge on any atom is 0.218 e. The molecular weight excluding hydrogens is 192 g/mol. The molecule has 76 valence electrons. The Morgan fingerprint density at radius 3 is 2.38 bits per heavy atom. The molecular formula is C7H14N2O3S. The highest BCUT2D eigenvalue weighted by Crippen LogP contribution is 1.91. The summed E-state index contributed by atoms with van der Waals surface area (Å²) >= 11 is 0. The van der Waals surface area contributed by atoms with E-state index < -0.39 is 22.7 Å². The summed E-state index contributed by atoms with van der Waals surface area (Å²) in [5.41, 5.74) is 10.2. The predicted octanol–water partition coefficient (Wildman–Crippen LogP) is -1.47. The first-order valence-corrected chi connectivity index (χ1v) is 5.31. The fraction of sp³-hybridized carbons (Fsp3) is 0.714. The molecule has 2 unspecified atom stereocenters. The van der Waals surface area contributed by atoms with Crippen molar-refractivity contribution in [1.29, 1.82) is 0 Å². The van der Waals surface area contributed by atoms with Crippen molar-refractivity contribution in [2.45, 2.75) is 19.4 Å². The summed E-state index contributed by atoms with van der Waals surface area (Å²) in [5, 5.41) is 0. The van der Waals surface area contributed by atoms with Crippen LogP contribution in [0, 0.1) is 0 Å². The van der Waals surface area contributed by atoms with Gasteiger partial charge in [0.1, 0.15) is 5.78 Å². The van der Waals surface area contributed by atoms with Crippen LogP contribution in [0.15, 0.2) is 0 Å². The number of carbonyl (C=O) groups is 2. The minimum atomic E-state index is -1.24. The quantitative estimate of drug-likeness (QED) is 0.553.